The van der Waals surface area contributed by atoms with E-state index in [0.29, 0.717) is 0 Å². The Morgan fingerprint density at radius 2 is 1.81 bits per heavy atom. The Morgan fingerprint density at radius 3 is 2.35 bits per heavy atom. The summed E-state index contributed by atoms with van der Waals surface area (Å²) < 4.78 is 27.9. The number of hydrogen-bond acceptors (Lipinski definition) is 9. The second-order valence-electron chi connectivity index (χ2n) is 6.57. The molecule has 0 aromatic heterocycles. The number of ether oxygens (including phenoxy) is 5. The van der Waals surface area contributed by atoms with Gasteiger partial charge in [0.2, 0.25) is 5.91 Å². The normalized spacial score (nSPS) is 43.9. The molecule has 0 bridgehead atoms. The number of carbonyl (C=O) groups is 1. The van der Waals surface area contributed by atoms with E-state index in [4.69, 9.17) is 23.7 Å². The van der Waals surface area contributed by atoms with Crippen LogP contribution in [0.15, 0.2) is 0 Å². The summed E-state index contributed by atoms with van der Waals surface area (Å²) in [5.74, 6) is -0.333. The summed E-state index contributed by atoms with van der Waals surface area (Å²) in [5.41, 5.74) is 0. The third-order valence-corrected chi connectivity index (χ3v) is 4.68. The van der Waals surface area contributed by atoms with Crippen LogP contribution in [-0.2, 0) is 28.5 Å². The molecule has 2 rings (SSSR count). The summed E-state index contributed by atoms with van der Waals surface area (Å²) in [6.45, 7) is 2.66. The van der Waals surface area contributed by atoms with Gasteiger partial charge in [0, 0.05) is 27.6 Å². The molecule has 4 N–H and O–H groups in total. The van der Waals surface area contributed by atoms with Gasteiger partial charge in [-0.2, -0.15) is 0 Å². The van der Waals surface area contributed by atoms with Crippen LogP contribution >= 0.6 is 0 Å². The first-order valence-corrected chi connectivity index (χ1v) is 8.58. The number of rotatable bonds is 6. The van der Waals surface area contributed by atoms with Crippen molar-refractivity contribution in [3.8, 4) is 0 Å². The van der Waals surface area contributed by atoms with Gasteiger partial charge in [-0.05, 0) is 6.92 Å². The highest BCUT2D eigenvalue weighted by atomic mass is 16.7. The maximum Gasteiger partial charge on any atom is 0.217 e. The number of aliphatic hydroxyl groups is 3. The van der Waals surface area contributed by atoms with E-state index in [0.717, 1.165) is 0 Å². The van der Waals surface area contributed by atoms with Crippen LogP contribution in [0.5, 0.6) is 0 Å². The van der Waals surface area contributed by atoms with E-state index < -0.39 is 55.2 Å². The van der Waals surface area contributed by atoms with Crippen LogP contribution in [0.4, 0.5) is 0 Å². The summed E-state index contributed by atoms with van der Waals surface area (Å²) in [6, 6.07) is -0.761. The molecule has 26 heavy (non-hydrogen) atoms. The van der Waals surface area contributed by atoms with Crippen LogP contribution in [0.3, 0.4) is 0 Å². The van der Waals surface area contributed by atoms with Gasteiger partial charge in [-0.15, -0.1) is 0 Å². The lowest BCUT2D eigenvalue weighted by atomic mass is 9.95. The number of amides is 1. The molecule has 0 aliphatic carbocycles. The van der Waals surface area contributed by atoms with Gasteiger partial charge in [-0.3, -0.25) is 4.79 Å². The van der Waals surface area contributed by atoms with Crippen molar-refractivity contribution in [2.45, 2.75) is 75.5 Å². The van der Waals surface area contributed by atoms with Crippen molar-refractivity contribution in [3.05, 3.63) is 0 Å². The molecular formula is C16H29NO9. The molecule has 2 aliphatic rings. The minimum atomic E-state index is -1.06. The standard InChI is InChI=1S/C16H29NO9/c1-7-9(20)5-10(21)15(24-7)26-14-12(17-8(2)19)16(23-4)25-11(6-18)13(14)22-3/h7,9-16,18,20-21H,5-6H2,1-4H3,(H,17,19)/t7-,9+,10+,11-,12-,13+,14-,15+,16-/m1/s1. The SMILES string of the molecule is CO[C@@H]1O[C@H](CO)[C@H](OC)[C@H](O[C@@H]2O[C@H](C)[C@@H](O)C[C@@H]2O)[C@H]1NC(C)=O. The smallest absolute Gasteiger partial charge is 0.217 e. The van der Waals surface area contributed by atoms with E-state index in [2.05, 4.69) is 5.32 Å². The quantitative estimate of drug-likeness (QED) is 0.418. The molecule has 9 atom stereocenters. The van der Waals surface area contributed by atoms with Gasteiger partial charge in [0.15, 0.2) is 12.6 Å². The minimum Gasteiger partial charge on any atom is -0.394 e. The fourth-order valence-electron chi connectivity index (χ4n) is 3.31. The Labute approximate surface area is 152 Å². The monoisotopic (exact) mass is 379 g/mol. The van der Waals surface area contributed by atoms with Crippen molar-refractivity contribution < 1.29 is 43.8 Å². The zero-order valence-electron chi connectivity index (χ0n) is 15.4. The number of carbonyl (C=O) groups excluding carboxylic acids is 1. The molecule has 0 saturated carbocycles. The maximum absolute atomic E-state index is 11.6. The van der Waals surface area contributed by atoms with Gasteiger partial charge in [0.05, 0.1) is 18.8 Å². The zero-order valence-corrected chi connectivity index (χ0v) is 15.4. The summed E-state index contributed by atoms with van der Waals surface area (Å²) in [6.07, 6.45) is -6.58. The summed E-state index contributed by atoms with van der Waals surface area (Å²) in [4.78, 5) is 11.6. The molecule has 2 aliphatic heterocycles. The predicted molar refractivity (Wildman–Crippen MR) is 87.0 cm³/mol. The largest absolute Gasteiger partial charge is 0.394 e. The van der Waals surface area contributed by atoms with E-state index in [1.165, 1.54) is 21.1 Å². The van der Waals surface area contributed by atoms with Crippen molar-refractivity contribution >= 4 is 5.91 Å². The van der Waals surface area contributed by atoms with Crippen LogP contribution in [0.2, 0.25) is 0 Å². The van der Waals surface area contributed by atoms with Crippen molar-refractivity contribution in [1.29, 1.82) is 0 Å². The van der Waals surface area contributed by atoms with Gasteiger partial charge >= 0.3 is 0 Å². The fourth-order valence-corrected chi connectivity index (χ4v) is 3.31. The molecule has 10 nitrogen and oxygen atoms in total. The second kappa shape index (κ2) is 9.38. The molecule has 152 valence electrons. The summed E-state index contributed by atoms with van der Waals surface area (Å²) in [5, 5.41) is 32.3. The number of aliphatic hydroxyl groups excluding tert-OH is 3. The molecular weight excluding hydrogens is 350 g/mol. The van der Waals surface area contributed by atoms with Gasteiger partial charge < -0.3 is 44.3 Å². The topological polar surface area (TPSA) is 136 Å². The summed E-state index contributed by atoms with van der Waals surface area (Å²) >= 11 is 0. The molecule has 0 radical (unpaired) electrons. The van der Waals surface area contributed by atoms with Crippen molar-refractivity contribution in [3.63, 3.8) is 0 Å². The van der Waals surface area contributed by atoms with E-state index in [-0.39, 0.29) is 18.9 Å². The van der Waals surface area contributed by atoms with Crippen LogP contribution in [-0.4, -0.2) is 97.3 Å². The van der Waals surface area contributed by atoms with Crippen molar-refractivity contribution in [2.24, 2.45) is 0 Å². The predicted octanol–water partition coefficient (Wildman–Crippen LogP) is -1.89. The molecule has 10 heteroatoms. The van der Waals surface area contributed by atoms with Crippen LogP contribution < -0.4 is 5.32 Å². The van der Waals surface area contributed by atoms with Crippen LogP contribution in [0, 0.1) is 0 Å². The van der Waals surface area contributed by atoms with Gasteiger partial charge in [-0.1, -0.05) is 0 Å². The first-order chi connectivity index (χ1) is 12.3. The second-order valence-corrected chi connectivity index (χ2v) is 6.57. The average Bonchev–Trinajstić information content (AvgIpc) is 2.59. The van der Waals surface area contributed by atoms with Gasteiger partial charge in [0.1, 0.15) is 30.5 Å². The molecule has 2 heterocycles. The zero-order chi connectivity index (χ0) is 19.4. The Hall–Kier alpha value is -0.850. The maximum atomic E-state index is 11.6. The van der Waals surface area contributed by atoms with Gasteiger partial charge in [0.25, 0.3) is 0 Å². The molecule has 2 fully saturated rings. The van der Waals surface area contributed by atoms with Crippen molar-refractivity contribution in [2.75, 3.05) is 20.8 Å². The molecule has 0 aromatic carbocycles. The molecule has 0 aromatic rings. The third-order valence-electron chi connectivity index (χ3n) is 4.68. The summed E-state index contributed by atoms with van der Waals surface area (Å²) in [7, 11) is 2.83. The van der Waals surface area contributed by atoms with Crippen molar-refractivity contribution in [1.82, 2.24) is 5.32 Å². The first kappa shape index (κ1) is 21.5. The lowest BCUT2D eigenvalue weighted by molar-refractivity contribution is -0.327. The van der Waals surface area contributed by atoms with E-state index in [9.17, 15) is 20.1 Å². The fraction of sp³-hybridized carbons (Fsp3) is 0.938. The average molecular weight is 379 g/mol. The molecule has 1 amide bonds. The van der Waals surface area contributed by atoms with E-state index >= 15 is 0 Å². The molecule has 0 unspecified atom stereocenters. The number of nitrogens with one attached hydrogen (secondary N) is 1. The lowest BCUT2D eigenvalue weighted by Crippen LogP contribution is -2.67. The highest BCUT2D eigenvalue weighted by molar-refractivity contribution is 5.73. The Kier molecular flexibility index (Phi) is 7.74. The van der Waals surface area contributed by atoms with E-state index in [1.807, 2.05) is 0 Å². The number of hydrogen-bond donors (Lipinski definition) is 4. The molecule has 0 spiro atoms. The van der Waals surface area contributed by atoms with Gasteiger partial charge in [-0.25, -0.2) is 0 Å². The highest BCUT2D eigenvalue weighted by Gasteiger charge is 2.50. The highest BCUT2D eigenvalue weighted by Crippen LogP contribution is 2.30. The Balaban J connectivity index is 2.25. The minimum absolute atomic E-state index is 0.0919. The van der Waals surface area contributed by atoms with E-state index in [1.54, 1.807) is 6.92 Å². The van der Waals surface area contributed by atoms with Crippen LogP contribution in [0.25, 0.3) is 0 Å². The first-order valence-electron chi connectivity index (χ1n) is 8.58. The molecule has 2 saturated heterocycles. The Bertz CT molecular complexity index is 465. The third kappa shape index (κ3) is 4.70. The Morgan fingerprint density at radius 1 is 1.12 bits per heavy atom. The van der Waals surface area contributed by atoms with Crippen LogP contribution in [0.1, 0.15) is 20.3 Å². The number of methoxy groups -OCH3 is 2. The lowest BCUT2D eigenvalue weighted by Gasteiger charge is -2.47.